The Morgan fingerprint density at radius 3 is 2.17 bits per heavy atom. The van der Waals surface area contributed by atoms with E-state index in [1.165, 1.54) is 4.90 Å². The lowest BCUT2D eigenvalue weighted by Gasteiger charge is -2.35. The third-order valence-electron chi connectivity index (χ3n) is 3.24. The van der Waals surface area contributed by atoms with E-state index in [4.69, 9.17) is 9.47 Å². The SMILES string of the molecule is CC(C)(C)OC(=O)NCC1CCN(C(=O)OC(C)(C)C)CC1F. The number of piperidine rings is 1. The number of nitrogens with one attached hydrogen (secondary N) is 1. The number of nitrogens with zero attached hydrogens (tertiary/aromatic N) is 1. The van der Waals surface area contributed by atoms with Crippen LogP contribution >= 0.6 is 0 Å². The number of hydrogen-bond acceptors (Lipinski definition) is 4. The van der Waals surface area contributed by atoms with Gasteiger partial charge in [0.2, 0.25) is 0 Å². The van der Waals surface area contributed by atoms with Gasteiger partial charge in [-0.2, -0.15) is 0 Å². The summed E-state index contributed by atoms with van der Waals surface area (Å²) in [6.45, 7) is 11.2. The summed E-state index contributed by atoms with van der Waals surface area (Å²) in [7, 11) is 0. The van der Waals surface area contributed by atoms with E-state index in [0.29, 0.717) is 13.0 Å². The molecule has 1 saturated heterocycles. The predicted octanol–water partition coefficient (Wildman–Crippen LogP) is 3.11. The number of rotatable bonds is 2. The Balaban J connectivity index is 2.41. The Morgan fingerprint density at radius 2 is 1.70 bits per heavy atom. The van der Waals surface area contributed by atoms with Gasteiger partial charge in [0.15, 0.2) is 0 Å². The van der Waals surface area contributed by atoms with Crippen molar-refractivity contribution in [3.8, 4) is 0 Å². The van der Waals surface area contributed by atoms with E-state index in [-0.39, 0.29) is 19.0 Å². The fourth-order valence-corrected chi connectivity index (χ4v) is 2.20. The van der Waals surface area contributed by atoms with Crippen LogP contribution in [0.1, 0.15) is 48.0 Å². The number of hydrogen-bond donors (Lipinski definition) is 1. The largest absolute Gasteiger partial charge is 0.444 e. The van der Waals surface area contributed by atoms with Crippen LogP contribution in [0, 0.1) is 5.92 Å². The van der Waals surface area contributed by atoms with Crippen LogP contribution < -0.4 is 5.32 Å². The second kappa shape index (κ2) is 7.36. The van der Waals surface area contributed by atoms with Gasteiger partial charge in [-0.15, -0.1) is 0 Å². The predicted molar refractivity (Wildman–Crippen MR) is 85.0 cm³/mol. The Morgan fingerprint density at radius 1 is 1.13 bits per heavy atom. The van der Waals surface area contributed by atoms with Gasteiger partial charge in [-0.25, -0.2) is 14.0 Å². The molecule has 0 aliphatic carbocycles. The first-order valence-electron chi connectivity index (χ1n) is 7.96. The van der Waals surface area contributed by atoms with Gasteiger partial charge in [0.1, 0.15) is 17.4 Å². The van der Waals surface area contributed by atoms with Gasteiger partial charge >= 0.3 is 12.2 Å². The van der Waals surface area contributed by atoms with Crippen LogP contribution in [0.5, 0.6) is 0 Å². The Kier molecular flexibility index (Phi) is 6.25. The first kappa shape index (κ1) is 19.5. The normalized spacial score (nSPS) is 22.5. The van der Waals surface area contributed by atoms with E-state index >= 15 is 0 Å². The fourth-order valence-electron chi connectivity index (χ4n) is 2.20. The first-order chi connectivity index (χ1) is 10.4. The Bertz CT molecular complexity index is 429. The summed E-state index contributed by atoms with van der Waals surface area (Å²) >= 11 is 0. The minimum Gasteiger partial charge on any atom is -0.444 e. The van der Waals surface area contributed by atoms with E-state index in [2.05, 4.69) is 5.32 Å². The molecule has 7 heteroatoms. The highest BCUT2D eigenvalue weighted by atomic mass is 19.1. The van der Waals surface area contributed by atoms with Crippen LogP contribution in [0.25, 0.3) is 0 Å². The molecule has 2 atom stereocenters. The summed E-state index contributed by atoms with van der Waals surface area (Å²) in [5.74, 6) is -0.332. The highest BCUT2D eigenvalue weighted by molar-refractivity contribution is 5.68. The molecule has 1 aliphatic rings. The molecule has 0 radical (unpaired) electrons. The van der Waals surface area contributed by atoms with Crippen molar-refractivity contribution in [2.75, 3.05) is 19.6 Å². The molecule has 1 aliphatic heterocycles. The summed E-state index contributed by atoms with van der Waals surface area (Å²) in [5, 5.41) is 2.59. The molecule has 134 valence electrons. The van der Waals surface area contributed by atoms with Gasteiger partial charge in [0.25, 0.3) is 0 Å². The van der Waals surface area contributed by atoms with Gasteiger partial charge in [0.05, 0.1) is 6.54 Å². The second-order valence-electron chi connectivity index (χ2n) is 7.87. The summed E-state index contributed by atoms with van der Waals surface area (Å²) in [6.07, 6.45) is -1.79. The molecule has 0 bridgehead atoms. The topological polar surface area (TPSA) is 67.9 Å². The summed E-state index contributed by atoms with van der Waals surface area (Å²) in [4.78, 5) is 24.9. The number of alkyl halides is 1. The van der Waals surface area contributed by atoms with Gasteiger partial charge in [-0.05, 0) is 48.0 Å². The van der Waals surface area contributed by atoms with Crippen LogP contribution in [-0.2, 0) is 9.47 Å². The summed E-state index contributed by atoms with van der Waals surface area (Å²) in [5.41, 5.74) is -1.18. The number of halogens is 1. The number of alkyl carbamates (subject to hydrolysis) is 1. The summed E-state index contributed by atoms with van der Waals surface area (Å²) < 4.78 is 24.6. The molecule has 0 aromatic carbocycles. The highest BCUT2D eigenvalue weighted by Crippen LogP contribution is 2.22. The van der Waals surface area contributed by atoms with Gasteiger partial charge in [-0.1, -0.05) is 0 Å². The Hall–Kier alpha value is -1.53. The number of carbonyl (C=O) groups excluding carboxylic acids is 2. The van der Waals surface area contributed by atoms with Crippen molar-refractivity contribution in [3.05, 3.63) is 0 Å². The number of ether oxygens (including phenoxy) is 2. The number of carbonyl (C=O) groups is 2. The van der Waals surface area contributed by atoms with Crippen molar-refractivity contribution in [2.45, 2.75) is 65.3 Å². The molecular weight excluding hydrogens is 303 g/mol. The molecule has 0 spiro atoms. The van der Waals surface area contributed by atoms with E-state index < -0.39 is 29.6 Å². The molecule has 1 rings (SSSR count). The van der Waals surface area contributed by atoms with Crippen molar-refractivity contribution in [1.82, 2.24) is 10.2 Å². The average molecular weight is 332 g/mol. The molecular formula is C16H29FN2O4. The van der Waals surface area contributed by atoms with Crippen molar-refractivity contribution >= 4 is 12.2 Å². The Labute approximate surface area is 137 Å². The lowest BCUT2D eigenvalue weighted by Crippen LogP contribution is -2.49. The van der Waals surface area contributed by atoms with E-state index in [1.54, 1.807) is 41.5 Å². The zero-order valence-electron chi connectivity index (χ0n) is 14.9. The minimum atomic E-state index is -1.20. The van der Waals surface area contributed by atoms with E-state index in [0.717, 1.165) is 0 Å². The minimum absolute atomic E-state index is 0.0183. The van der Waals surface area contributed by atoms with Gasteiger partial charge < -0.3 is 19.7 Å². The maximum atomic E-state index is 14.2. The van der Waals surface area contributed by atoms with Crippen LogP contribution in [0.4, 0.5) is 14.0 Å². The molecule has 2 amide bonds. The van der Waals surface area contributed by atoms with Crippen molar-refractivity contribution in [2.24, 2.45) is 5.92 Å². The molecule has 2 unspecified atom stereocenters. The molecule has 0 aromatic heterocycles. The molecule has 6 nitrogen and oxygen atoms in total. The van der Waals surface area contributed by atoms with Crippen molar-refractivity contribution in [3.63, 3.8) is 0 Å². The zero-order valence-corrected chi connectivity index (χ0v) is 14.9. The summed E-state index contributed by atoms with van der Waals surface area (Å²) in [6, 6.07) is 0. The standard InChI is InChI=1S/C16H29FN2O4/c1-15(2,3)22-13(20)18-9-11-7-8-19(10-12(11)17)14(21)23-16(4,5)6/h11-12H,7-10H2,1-6H3,(H,18,20). The third-order valence-corrected chi connectivity index (χ3v) is 3.24. The van der Waals surface area contributed by atoms with E-state index in [1.807, 2.05) is 0 Å². The monoisotopic (exact) mass is 332 g/mol. The molecule has 0 aromatic rings. The van der Waals surface area contributed by atoms with Gasteiger partial charge in [0, 0.05) is 19.0 Å². The quantitative estimate of drug-likeness (QED) is 0.844. The molecule has 0 saturated carbocycles. The smallest absolute Gasteiger partial charge is 0.410 e. The van der Waals surface area contributed by atoms with Gasteiger partial charge in [-0.3, -0.25) is 0 Å². The second-order valence-corrected chi connectivity index (χ2v) is 7.87. The van der Waals surface area contributed by atoms with Crippen molar-refractivity contribution in [1.29, 1.82) is 0 Å². The molecule has 1 N–H and O–H groups in total. The fraction of sp³-hybridized carbons (Fsp3) is 0.875. The zero-order chi connectivity index (χ0) is 17.8. The molecule has 1 fully saturated rings. The van der Waals surface area contributed by atoms with Crippen LogP contribution in [0.2, 0.25) is 0 Å². The third kappa shape index (κ3) is 7.52. The highest BCUT2D eigenvalue weighted by Gasteiger charge is 2.34. The van der Waals surface area contributed by atoms with Crippen molar-refractivity contribution < 1.29 is 23.5 Å². The lowest BCUT2D eigenvalue weighted by molar-refractivity contribution is 0.00456. The molecule has 23 heavy (non-hydrogen) atoms. The maximum Gasteiger partial charge on any atom is 0.410 e. The number of amides is 2. The van der Waals surface area contributed by atoms with E-state index in [9.17, 15) is 14.0 Å². The first-order valence-corrected chi connectivity index (χ1v) is 7.96. The van der Waals surface area contributed by atoms with Crippen LogP contribution in [-0.4, -0.2) is 54.1 Å². The van der Waals surface area contributed by atoms with Crippen LogP contribution in [0.3, 0.4) is 0 Å². The molecule has 1 heterocycles. The maximum absolute atomic E-state index is 14.2. The van der Waals surface area contributed by atoms with Crippen LogP contribution in [0.15, 0.2) is 0 Å². The number of likely N-dealkylation sites (tertiary alicyclic amines) is 1. The lowest BCUT2D eigenvalue weighted by atomic mass is 9.95. The average Bonchev–Trinajstić information content (AvgIpc) is 2.33.